The lowest BCUT2D eigenvalue weighted by molar-refractivity contribution is -0.144. The summed E-state index contributed by atoms with van der Waals surface area (Å²) >= 11 is 0. The van der Waals surface area contributed by atoms with Crippen molar-refractivity contribution in [1.82, 2.24) is 0 Å². The van der Waals surface area contributed by atoms with Crippen LogP contribution in [-0.2, 0) is 19.1 Å². The first kappa shape index (κ1) is 19.7. The van der Waals surface area contributed by atoms with Crippen LogP contribution in [0.25, 0.3) is 0 Å². The average Bonchev–Trinajstić information content (AvgIpc) is 2.45. The summed E-state index contributed by atoms with van der Waals surface area (Å²) in [4.78, 5) is 23.0. The number of hydrogen-bond donors (Lipinski definition) is 0. The zero-order chi connectivity index (χ0) is 15.9. The van der Waals surface area contributed by atoms with Gasteiger partial charge in [0.15, 0.2) is 0 Å². The second-order valence-electron chi connectivity index (χ2n) is 5.20. The Morgan fingerprint density at radius 1 is 0.857 bits per heavy atom. The lowest BCUT2D eigenvalue weighted by Gasteiger charge is -2.14. The normalized spacial score (nSPS) is 11.0. The van der Waals surface area contributed by atoms with E-state index in [1.54, 1.807) is 0 Å². The molecule has 0 aromatic heterocycles. The summed E-state index contributed by atoms with van der Waals surface area (Å²) in [5, 5.41) is 0. The predicted molar refractivity (Wildman–Crippen MR) is 83.9 cm³/mol. The molecule has 0 saturated heterocycles. The standard InChI is InChI=1S/C17H30O4/c1-4-7-8-9-14-20-16(18)12-13-17(19)21-15(10-5-2)11-6-3/h12-13,15H,4-11,14H2,1-3H3/b13-12+. The van der Waals surface area contributed by atoms with Crippen LogP contribution in [0.5, 0.6) is 0 Å². The highest BCUT2D eigenvalue weighted by molar-refractivity contribution is 5.91. The molecule has 0 rings (SSSR count). The van der Waals surface area contributed by atoms with E-state index < -0.39 is 11.9 Å². The average molecular weight is 298 g/mol. The third-order valence-electron chi connectivity index (χ3n) is 3.10. The van der Waals surface area contributed by atoms with Gasteiger partial charge in [-0.1, -0.05) is 52.9 Å². The summed E-state index contributed by atoms with van der Waals surface area (Å²) < 4.78 is 10.3. The van der Waals surface area contributed by atoms with E-state index in [0.29, 0.717) is 6.61 Å². The highest BCUT2D eigenvalue weighted by atomic mass is 16.5. The molecule has 0 saturated carbocycles. The summed E-state index contributed by atoms with van der Waals surface area (Å²) in [7, 11) is 0. The van der Waals surface area contributed by atoms with Gasteiger partial charge in [0.25, 0.3) is 0 Å². The van der Waals surface area contributed by atoms with Crippen LogP contribution in [0.15, 0.2) is 12.2 Å². The van der Waals surface area contributed by atoms with Gasteiger partial charge in [0.1, 0.15) is 6.10 Å². The lowest BCUT2D eigenvalue weighted by atomic mass is 10.1. The molecule has 0 spiro atoms. The van der Waals surface area contributed by atoms with E-state index >= 15 is 0 Å². The highest BCUT2D eigenvalue weighted by Crippen LogP contribution is 2.09. The SMILES string of the molecule is CCCCCCOC(=O)/C=C/C(=O)OC(CCC)CCC. The summed E-state index contributed by atoms with van der Waals surface area (Å²) in [6, 6.07) is 0. The Balaban J connectivity index is 3.92. The third-order valence-corrected chi connectivity index (χ3v) is 3.10. The molecule has 21 heavy (non-hydrogen) atoms. The molecular weight excluding hydrogens is 268 g/mol. The monoisotopic (exact) mass is 298 g/mol. The lowest BCUT2D eigenvalue weighted by Crippen LogP contribution is -2.16. The molecule has 0 aliphatic carbocycles. The molecule has 0 atom stereocenters. The first-order valence-corrected chi connectivity index (χ1v) is 8.19. The van der Waals surface area contributed by atoms with Gasteiger partial charge < -0.3 is 9.47 Å². The maximum atomic E-state index is 11.6. The van der Waals surface area contributed by atoms with Gasteiger partial charge in [-0.25, -0.2) is 9.59 Å². The number of carbonyl (C=O) groups is 2. The Hall–Kier alpha value is -1.32. The van der Waals surface area contributed by atoms with Crippen molar-refractivity contribution in [1.29, 1.82) is 0 Å². The van der Waals surface area contributed by atoms with Crippen molar-refractivity contribution in [3.8, 4) is 0 Å². The van der Waals surface area contributed by atoms with Crippen molar-refractivity contribution < 1.29 is 19.1 Å². The van der Waals surface area contributed by atoms with Crippen LogP contribution in [-0.4, -0.2) is 24.6 Å². The number of hydrogen-bond acceptors (Lipinski definition) is 4. The minimum absolute atomic E-state index is 0.0535. The fourth-order valence-electron chi connectivity index (χ4n) is 2.00. The molecule has 0 aliphatic rings. The first-order valence-electron chi connectivity index (χ1n) is 8.19. The number of unbranched alkanes of at least 4 members (excludes halogenated alkanes) is 3. The molecule has 0 bridgehead atoms. The molecule has 4 nitrogen and oxygen atoms in total. The first-order chi connectivity index (χ1) is 10.1. The van der Waals surface area contributed by atoms with E-state index in [1.807, 2.05) is 0 Å². The predicted octanol–water partition coefficient (Wildman–Crippen LogP) is 4.18. The van der Waals surface area contributed by atoms with E-state index in [4.69, 9.17) is 9.47 Å². The molecule has 0 fully saturated rings. The molecule has 0 unspecified atom stereocenters. The maximum Gasteiger partial charge on any atom is 0.331 e. The van der Waals surface area contributed by atoms with Gasteiger partial charge in [0.2, 0.25) is 0 Å². The molecule has 0 aromatic rings. The van der Waals surface area contributed by atoms with E-state index in [0.717, 1.165) is 63.5 Å². The van der Waals surface area contributed by atoms with Crippen LogP contribution in [0.1, 0.15) is 72.1 Å². The van der Waals surface area contributed by atoms with Gasteiger partial charge >= 0.3 is 11.9 Å². The van der Waals surface area contributed by atoms with Crippen molar-refractivity contribution in [3.05, 3.63) is 12.2 Å². The number of rotatable bonds is 12. The molecular formula is C17H30O4. The van der Waals surface area contributed by atoms with Crippen LogP contribution in [0, 0.1) is 0 Å². The van der Waals surface area contributed by atoms with Gasteiger partial charge in [-0.3, -0.25) is 0 Å². The van der Waals surface area contributed by atoms with Crippen molar-refractivity contribution >= 4 is 11.9 Å². The molecule has 122 valence electrons. The Morgan fingerprint density at radius 2 is 1.48 bits per heavy atom. The Bertz CT molecular complexity index is 304. The summed E-state index contributed by atoms with van der Waals surface area (Å²) in [6.45, 7) is 6.65. The zero-order valence-corrected chi connectivity index (χ0v) is 13.7. The van der Waals surface area contributed by atoms with Gasteiger partial charge in [-0.15, -0.1) is 0 Å². The Labute approximate surface area is 128 Å². The third kappa shape index (κ3) is 12.2. The van der Waals surface area contributed by atoms with Gasteiger partial charge in [-0.05, 0) is 19.3 Å². The summed E-state index contributed by atoms with van der Waals surface area (Å²) in [5.74, 6) is -0.948. The fraction of sp³-hybridized carbons (Fsp3) is 0.765. The van der Waals surface area contributed by atoms with Crippen molar-refractivity contribution in [2.24, 2.45) is 0 Å². The van der Waals surface area contributed by atoms with E-state index in [1.165, 1.54) is 0 Å². The van der Waals surface area contributed by atoms with Crippen LogP contribution in [0.2, 0.25) is 0 Å². The second kappa shape index (κ2) is 13.7. The van der Waals surface area contributed by atoms with Gasteiger partial charge in [0.05, 0.1) is 6.61 Å². The molecule has 0 N–H and O–H groups in total. The van der Waals surface area contributed by atoms with Gasteiger partial charge in [0, 0.05) is 12.2 Å². The molecule has 0 aromatic carbocycles. The highest BCUT2D eigenvalue weighted by Gasteiger charge is 2.11. The number of carbonyl (C=O) groups excluding carboxylic acids is 2. The molecule has 0 heterocycles. The quantitative estimate of drug-likeness (QED) is 0.308. The smallest absolute Gasteiger partial charge is 0.331 e. The second-order valence-corrected chi connectivity index (χ2v) is 5.20. The molecule has 0 radical (unpaired) electrons. The number of ether oxygens (including phenoxy) is 2. The van der Waals surface area contributed by atoms with E-state index in [-0.39, 0.29) is 6.10 Å². The summed E-state index contributed by atoms with van der Waals surface area (Å²) in [6.07, 6.45) is 10.1. The summed E-state index contributed by atoms with van der Waals surface area (Å²) in [5.41, 5.74) is 0. The van der Waals surface area contributed by atoms with Crippen molar-refractivity contribution in [2.45, 2.75) is 78.2 Å². The maximum absolute atomic E-state index is 11.6. The minimum Gasteiger partial charge on any atom is -0.463 e. The largest absolute Gasteiger partial charge is 0.463 e. The van der Waals surface area contributed by atoms with Crippen molar-refractivity contribution in [3.63, 3.8) is 0 Å². The minimum atomic E-state index is -0.481. The van der Waals surface area contributed by atoms with E-state index in [9.17, 15) is 9.59 Å². The Morgan fingerprint density at radius 3 is 2.05 bits per heavy atom. The fourth-order valence-corrected chi connectivity index (χ4v) is 2.00. The molecule has 0 amide bonds. The van der Waals surface area contributed by atoms with Gasteiger partial charge in [-0.2, -0.15) is 0 Å². The molecule has 0 aliphatic heterocycles. The zero-order valence-electron chi connectivity index (χ0n) is 13.7. The van der Waals surface area contributed by atoms with Crippen molar-refractivity contribution in [2.75, 3.05) is 6.61 Å². The topological polar surface area (TPSA) is 52.6 Å². The van der Waals surface area contributed by atoms with Crippen LogP contribution < -0.4 is 0 Å². The van der Waals surface area contributed by atoms with E-state index in [2.05, 4.69) is 20.8 Å². The Kier molecular flexibility index (Phi) is 12.8. The van der Waals surface area contributed by atoms with Crippen LogP contribution in [0.3, 0.4) is 0 Å². The van der Waals surface area contributed by atoms with Crippen LogP contribution in [0.4, 0.5) is 0 Å². The van der Waals surface area contributed by atoms with Crippen LogP contribution >= 0.6 is 0 Å². The molecule has 4 heteroatoms. The number of esters is 2.